The highest BCUT2D eigenvalue weighted by Gasteiger charge is 2.29. The summed E-state index contributed by atoms with van der Waals surface area (Å²) >= 11 is 3.43. The zero-order valence-corrected chi connectivity index (χ0v) is 18.0. The molecule has 7 heteroatoms. The number of nitrogens with one attached hydrogen (secondary N) is 1. The number of hydrogen-bond donors (Lipinski definition) is 1. The molecule has 0 saturated heterocycles. The van der Waals surface area contributed by atoms with Crippen LogP contribution in [-0.4, -0.2) is 23.3 Å². The molecule has 4 rings (SSSR count). The molecule has 0 bridgehead atoms. The number of carbonyl (C=O) groups excluding carboxylic acids is 2. The maximum atomic E-state index is 13.2. The molecule has 0 radical (unpaired) electrons. The maximum Gasteiger partial charge on any atom is 0.263 e. The molecule has 1 aliphatic heterocycles. The first-order chi connectivity index (χ1) is 14.5. The first-order valence-corrected chi connectivity index (χ1v) is 10.4. The fourth-order valence-electron chi connectivity index (χ4n) is 3.29. The highest BCUT2D eigenvalue weighted by atomic mass is 79.9. The lowest BCUT2D eigenvalue weighted by atomic mass is 10.1. The number of anilines is 1. The third-order valence-electron chi connectivity index (χ3n) is 4.80. The van der Waals surface area contributed by atoms with Gasteiger partial charge in [-0.15, -0.1) is 0 Å². The molecule has 0 aliphatic carbocycles. The van der Waals surface area contributed by atoms with Crippen LogP contribution in [0, 0.1) is 6.92 Å². The van der Waals surface area contributed by atoms with Gasteiger partial charge in [-0.05, 0) is 54.4 Å². The van der Waals surface area contributed by atoms with Gasteiger partial charge in [0.15, 0.2) is 5.75 Å². The Morgan fingerprint density at radius 1 is 1.17 bits per heavy atom. The van der Waals surface area contributed by atoms with Gasteiger partial charge in [-0.3, -0.25) is 9.59 Å². The Bertz CT molecular complexity index is 1120. The summed E-state index contributed by atoms with van der Waals surface area (Å²) in [5, 5.41) is 2.91. The van der Waals surface area contributed by atoms with E-state index in [0.29, 0.717) is 23.5 Å². The molecule has 1 N–H and O–H groups in total. The average molecular weight is 466 g/mol. The van der Waals surface area contributed by atoms with Gasteiger partial charge in [0.05, 0.1) is 5.69 Å². The highest BCUT2D eigenvalue weighted by Crippen LogP contribution is 2.38. The largest absolute Gasteiger partial charge is 0.436 e. The Balaban J connectivity index is 1.51. The molecule has 0 saturated carbocycles. The van der Waals surface area contributed by atoms with Crippen molar-refractivity contribution in [1.82, 2.24) is 10.3 Å². The van der Waals surface area contributed by atoms with E-state index in [9.17, 15) is 9.59 Å². The van der Waals surface area contributed by atoms with Crippen LogP contribution in [0.2, 0.25) is 0 Å². The number of carbonyl (C=O) groups is 2. The van der Waals surface area contributed by atoms with Crippen LogP contribution in [0.25, 0.3) is 0 Å². The SMILES string of the molecule is Cc1ccc2c(c1)N(CCC(=O)NCc1cccc(Br)c1)C(=O)c1cccnc1O2. The summed E-state index contributed by atoms with van der Waals surface area (Å²) in [7, 11) is 0. The van der Waals surface area contributed by atoms with Crippen molar-refractivity contribution in [2.45, 2.75) is 19.9 Å². The number of aryl methyl sites for hydroxylation is 1. The molecule has 30 heavy (non-hydrogen) atoms. The van der Waals surface area contributed by atoms with Gasteiger partial charge in [-0.25, -0.2) is 4.98 Å². The minimum absolute atomic E-state index is 0.131. The summed E-state index contributed by atoms with van der Waals surface area (Å²) in [5.74, 6) is 0.450. The van der Waals surface area contributed by atoms with Crippen molar-refractivity contribution in [3.63, 3.8) is 0 Å². The van der Waals surface area contributed by atoms with E-state index in [1.807, 2.05) is 49.4 Å². The van der Waals surface area contributed by atoms with E-state index in [-0.39, 0.29) is 30.7 Å². The van der Waals surface area contributed by atoms with Gasteiger partial charge in [0.1, 0.15) is 5.56 Å². The first kappa shape index (κ1) is 20.1. The molecule has 1 aliphatic rings. The zero-order chi connectivity index (χ0) is 21.1. The molecule has 6 nitrogen and oxygen atoms in total. The number of halogens is 1. The Labute approximate surface area is 183 Å². The summed E-state index contributed by atoms with van der Waals surface area (Å²) in [4.78, 5) is 31.5. The Hall–Kier alpha value is -3.19. The summed E-state index contributed by atoms with van der Waals surface area (Å²) in [6, 6.07) is 16.8. The molecule has 2 heterocycles. The summed E-state index contributed by atoms with van der Waals surface area (Å²) < 4.78 is 6.86. The molecular weight excluding hydrogens is 446 g/mol. The zero-order valence-electron chi connectivity index (χ0n) is 16.4. The second-order valence-corrected chi connectivity index (χ2v) is 7.96. The van der Waals surface area contributed by atoms with Crippen LogP contribution < -0.4 is 15.0 Å². The Morgan fingerprint density at radius 3 is 2.87 bits per heavy atom. The van der Waals surface area contributed by atoms with Crippen molar-refractivity contribution >= 4 is 33.4 Å². The van der Waals surface area contributed by atoms with Crippen LogP contribution in [0.3, 0.4) is 0 Å². The topological polar surface area (TPSA) is 71.5 Å². The van der Waals surface area contributed by atoms with Crippen molar-refractivity contribution in [2.75, 3.05) is 11.4 Å². The lowest BCUT2D eigenvalue weighted by molar-refractivity contribution is -0.121. The Kier molecular flexibility index (Phi) is 5.81. The number of aromatic nitrogens is 1. The lowest BCUT2D eigenvalue weighted by Crippen LogP contribution is -2.35. The summed E-state index contributed by atoms with van der Waals surface area (Å²) in [5.41, 5.74) is 3.00. The van der Waals surface area contributed by atoms with Crippen LogP contribution in [0.5, 0.6) is 11.6 Å². The van der Waals surface area contributed by atoms with Crippen molar-refractivity contribution < 1.29 is 14.3 Å². The molecule has 2 amide bonds. The number of nitrogens with zero attached hydrogens (tertiary/aromatic N) is 2. The van der Waals surface area contributed by atoms with Crippen molar-refractivity contribution in [3.8, 4) is 11.6 Å². The summed E-state index contributed by atoms with van der Waals surface area (Å²) in [6.07, 6.45) is 1.76. The van der Waals surface area contributed by atoms with Gasteiger partial charge < -0.3 is 15.0 Å². The third-order valence-corrected chi connectivity index (χ3v) is 5.29. The number of rotatable bonds is 5. The molecule has 2 aromatic carbocycles. The minimum Gasteiger partial charge on any atom is -0.436 e. The highest BCUT2D eigenvalue weighted by molar-refractivity contribution is 9.10. The van der Waals surface area contributed by atoms with Crippen molar-refractivity contribution in [1.29, 1.82) is 0 Å². The molecular formula is C23H20BrN3O3. The average Bonchev–Trinajstić information content (AvgIpc) is 2.85. The normalized spacial score (nSPS) is 12.5. The summed E-state index contributed by atoms with van der Waals surface area (Å²) in [6.45, 7) is 2.61. The number of benzene rings is 2. The van der Waals surface area contributed by atoms with Crippen LogP contribution >= 0.6 is 15.9 Å². The van der Waals surface area contributed by atoms with Gasteiger partial charge in [-0.2, -0.15) is 0 Å². The first-order valence-electron chi connectivity index (χ1n) is 9.58. The molecule has 152 valence electrons. The van der Waals surface area contributed by atoms with Crippen molar-refractivity contribution in [2.24, 2.45) is 0 Å². The molecule has 1 aromatic heterocycles. The van der Waals surface area contributed by atoms with Gasteiger partial charge in [-0.1, -0.05) is 34.1 Å². The molecule has 0 unspecified atom stereocenters. The quantitative estimate of drug-likeness (QED) is 0.596. The lowest BCUT2D eigenvalue weighted by Gasteiger charge is -2.22. The molecule has 0 spiro atoms. The van der Waals surface area contributed by atoms with Crippen LogP contribution in [0.1, 0.15) is 27.9 Å². The van der Waals surface area contributed by atoms with E-state index in [1.165, 1.54) is 0 Å². The van der Waals surface area contributed by atoms with Gasteiger partial charge >= 0.3 is 0 Å². The van der Waals surface area contributed by atoms with Gasteiger partial charge in [0, 0.05) is 30.2 Å². The Morgan fingerprint density at radius 2 is 2.03 bits per heavy atom. The number of ether oxygens (including phenoxy) is 1. The van der Waals surface area contributed by atoms with Crippen LogP contribution in [0.4, 0.5) is 5.69 Å². The molecule has 0 atom stereocenters. The second-order valence-electron chi connectivity index (χ2n) is 7.04. The van der Waals surface area contributed by atoms with Gasteiger partial charge in [0.25, 0.3) is 5.91 Å². The predicted molar refractivity (Wildman–Crippen MR) is 118 cm³/mol. The predicted octanol–water partition coefficient (Wildman–Crippen LogP) is 4.61. The van der Waals surface area contributed by atoms with E-state index in [0.717, 1.165) is 15.6 Å². The van der Waals surface area contributed by atoms with Crippen LogP contribution in [0.15, 0.2) is 65.3 Å². The van der Waals surface area contributed by atoms with Crippen LogP contribution in [-0.2, 0) is 11.3 Å². The number of hydrogen-bond acceptors (Lipinski definition) is 4. The monoisotopic (exact) mass is 465 g/mol. The molecule has 0 fully saturated rings. The third kappa shape index (κ3) is 4.36. The minimum atomic E-state index is -0.234. The van der Waals surface area contributed by atoms with E-state index < -0.39 is 0 Å². The fraction of sp³-hybridized carbons (Fsp3) is 0.174. The maximum absolute atomic E-state index is 13.2. The van der Waals surface area contributed by atoms with E-state index >= 15 is 0 Å². The fourth-order valence-corrected chi connectivity index (χ4v) is 3.74. The molecule has 3 aromatic rings. The van der Waals surface area contributed by atoms with Gasteiger partial charge in [0.2, 0.25) is 11.8 Å². The van der Waals surface area contributed by atoms with E-state index in [2.05, 4.69) is 26.2 Å². The number of pyridine rings is 1. The second kappa shape index (κ2) is 8.67. The van der Waals surface area contributed by atoms with Crippen molar-refractivity contribution in [3.05, 3.63) is 82.0 Å². The number of amides is 2. The number of fused-ring (bicyclic) bond motifs is 2. The van der Waals surface area contributed by atoms with E-state index in [1.54, 1.807) is 23.2 Å². The standard InChI is InChI=1S/C23H20BrN3O3/c1-15-7-8-20-19(12-15)27(23(29)18-6-3-10-25-22(18)30-20)11-9-21(28)26-14-16-4-2-5-17(24)13-16/h2-8,10,12-13H,9,11,14H2,1H3,(H,26,28). The smallest absolute Gasteiger partial charge is 0.263 e. The van der Waals surface area contributed by atoms with E-state index in [4.69, 9.17) is 4.74 Å².